The number of carbonyl (C=O) groups excluding carboxylic acids is 1. The highest BCUT2D eigenvalue weighted by Crippen LogP contribution is 2.39. The predicted molar refractivity (Wildman–Crippen MR) is 99.9 cm³/mol. The van der Waals surface area contributed by atoms with Crippen molar-refractivity contribution in [1.29, 1.82) is 0 Å². The summed E-state index contributed by atoms with van der Waals surface area (Å²) in [6, 6.07) is 5.11. The number of fused-ring (bicyclic) bond motifs is 1. The highest BCUT2D eigenvalue weighted by atomic mass is 16.5. The molecule has 2 heterocycles. The van der Waals surface area contributed by atoms with Gasteiger partial charge in [0.05, 0.1) is 25.4 Å². The van der Waals surface area contributed by atoms with Gasteiger partial charge in [-0.05, 0) is 45.4 Å². The van der Waals surface area contributed by atoms with E-state index in [1.165, 1.54) is 6.33 Å². The van der Waals surface area contributed by atoms with Crippen molar-refractivity contribution < 1.29 is 19.0 Å². The third-order valence-electron chi connectivity index (χ3n) is 4.16. The molecule has 1 N–H and O–H groups in total. The van der Waals surface area contributed by atoms with Crippen molar-refractivity contribution in [3.8, 4) is 11.5 Å². The van der Waals surface area contributed by atoms with Gasteiger partial charge in [0, 0.05) is 5.70 Å². The fourth-order valence-corrected chi connectivity index (χ4v) is 3.08. The van der Waals surface area contributed by atoms with Gasteiger partial charge in [0.25, 0.3) is 0 Å². The lowest BCUT2D eigenvalue weighted by Crippen LogP contribution is -2.29. The fourth-order valence-electron chi connectivity index (χ4n) is 3.08. The number of hydrogen-bond donors (Lipinski definition) is 1. The molecule has 3 rings (SSSR count). The molecule has 0 radical (unpaired) electrons. The Morgan fingerprint density at radius 2 is 2.11 bits per heavy atom. The van der Waals surface area contributed by atoms with Crippen LogP contribution in [-0.4, -0.2) is 40.6 Å². The van der Waals surface area contributed by atoms with Crippen molar-refractivity contribution in [1.82, 2.24) is 14.8 Å². The minimum absolute atomic E-state index is 0.0165. The third kappa shape index (κ3) is 3.60. The summed E-state index contributed by atoms with van der Waals surface area (Å²) < 4.78 is 18.2. The van der Waals surface area contributed by atoms with E-state index in [0.717, 1.165) is 5.56 Å². The van der Waals surface area contributed by atoms with Gasteiger partial charge in [-0.15, -0.1) is 0 Å². The van der Waals surface area contributed by atoms with Crippen molar-refractivity contribution in [3.63, 3.8) is 0 Å². The normalized spacial score (nSPS) is 16.0. The first-order chi connectivity index (χ1) is 13.0. The van der Waals surface area contributed by atoms with Gasteiger partial charge < -0.3 is 19.5 Å². The maximum absolute atomic E-state index is 12.7. The van der Waals surface area contributed by atoms with Crippen LogP contribution in [0.3, 0.4) is 0 Å². The predicted octanol–water partition coefficient (Wildman–Crippen LogP) is 2.93. The number of benzene rings is 1. The van der Waals surface area contributed by atoms with Crippen LogP contribution in [0.1, 0.15) is 39.3 Å². The Kier molecular flexibility index (Phi) is 5.34. The summed E-state index contributed by atoms with van der Waals surface area (Å²) in [5.41, 5.74) is 1.98. The molecule has 1 unspecified atom stereocenters. The number of carbonyl (C=O) groups is 1. The Hall–Kier alpha value is -3.03. The first kappa shape index (κ1) is 18.8. The van der Waals surface area contributed by atoms with Crippen molar-refractivity contribution in [2.45, 2.75) is 39.8 Å². The van der Waals surface area contributed by atoms with E-state index >= 15 is 0 Å². The van der Waals surface area contributed by atoms with Crippen LogP contribution < -0.4 is 14.8 Å². The minimum Gasteiger partial charge on any atom is -0.493 e. The van der Waals surface area contributed by atoms with Gasteiger partial charge >= 0.3 is 5.97 Å². The molecule has 27 heavy (non-hydrogen) atoms. The van der Waals surface area contributed by atoms with Crippen LogP contribution in [0.4, 0.5) is 5.95 Å². The van der Waals surface area contributed by atoms with Crippen LogP contribution >= 0.6 is 0 Å². The number of anilines is 1. The van der Waals surface area contributed by atoms with Gasteiger partial charge in [-0.25, -0.2) is 9.48 Å². The lowest BCUT2D eigenvalue weighted by atomic mass is 9.95. The van der Waals surface area contributed by atoms with E-state index in [9.17, 15) is 4.79 Å². The zero-order chi connectivity index (χ0) is 19.6. The third-order valence-corrected chi connectivity index (χ3v) is 4.16. The van der Waals surface area contributed by atoms with Crippen LogP contribution in [0.2, 0.25) is 0 Å². The zero-order valence-corrected chi connectivity index (χ0v) is 16.1. The number of nitrogens with one attached hydrogen (secondary N) is 1. The zero-order valence-electron chi connectivity index (χ0n) is 16.1. The summed E-state index contributed by atoms with van der Waals surface area (Å²) in [7, 11) is 1.59. The van der Waals surface area contributed by atoms with E-state index in [1.807, 2.05) is 39.0 Å². The van der Waals surface area contributed by atoms with E-state index < -0.39 is 12.0 Å². The molecule has 1 aromatic carbocycles. The summed E-state index contributed by atoms with van der Waals surface area (Å²) in [5.74, 6) is 1.40. The van der Waals surface area contributed by atoms with Gasteiger partial charge in [-0.1, -0.05) is 6.07 Å². The molecular weight excluding hydrogens is 348 g/mol. The maximum atomic E-state index is 12.7. The number of aromatic nitrogens is 3. The second kappa shape index (κ2) is 7.69. The largest absolute Gasteiger partial charge is 0.493 e. The van der Waals surface area contributed by atoms with Gasteiger partial charge in [-0.2, -0.15) is 10.1 Å². The van der Waals surface area contributed by atoms with Crippen LogP contribution in [0.25, 0.3) is 0 Å². The Labute approximate surface area is 158 Å². The van der Waals surface area contributed by atoms with Gasteiger partial charge in [0.2, 0.25) is 5.95 Å². The van der Waals surface area contributed by atoms with Crippen LogP contribution in [0.5, 0.6) is 11.5 Å². The molecule has 0 bridgehead atoms. The minimum atomic E-state index is -0.482. The second-order valence-corrected chi connectivity index (χ2v) is 6.39. The molecule has 8 heteroatoms. The van der Waals surface area contributed by atoms with Crippen LogP contribution in [0.15, 0.2) is 35.8 Å². The standard InChI is InChI=1S/C19H24N4O4/c1-6-26-18(24)16-12(4)22-19-20-10-21-23(19)17(16)13-7-8-14(27-11(2)3)15(9-13)25-5/h7-11,17H,6H2,1-5H3,(H,20,21,22). The molecule has 0 fully saturated rings. The fraction of sp³-hybridized carbons (Fsp3) is 0.421. The van der Waals surface area contributed by atoms with Crippen molar-refractivity contribution in [2.24, 2.45) is 0 Å². The smallest absolute Gasteiger partial charge is 0.338 e. The summed E-state index contributed by atoms with van der Waals surface area (Å²) in [6.45, 7) is 7.79. The summed E-state index contributed by atoms with van der Waals surface area (Å²) in [5, 5.41) is 7.40. The molecule has 144 valence electrons. The van der Waals surface area contributed by atoms with E-state index in [2.05, 4.69) is 15.4 Å². The monoisotopic (exact) mass is 372 g/mol. The number of hydrogen-bond acceptors (Lipinski definition) is 7. The SMILES string of the molecule is CCOC(=O)C1=C(C)Nc2ncnn2C1c1ccc(OC(C)C)c(OC)c1. The van der Waals surface area contributed by atoms with E-state index in [4.69, 9.17) is 14.2 Å². The van der Waals surface area contributed by atoms with Crippen molar-refractivity contribution in [2.75, 3.05) is 19.0 Å². The highest BCUT2D eigenvalue weighted by molar-refractivity contribution is 5.92. The van der Waals surface area contributed by atoms with Gasteiger partial charge in [0.1, 0.15) is 12.4 Å². The van der Waals surface area contributed by atoms with Crippen molar-refractivity contribution in [3.05, 3.63) is 41.4 Å². The lowest BCUT2D eigenvalue weighted by molar-refractivity contribution is -0.139. The molecule has 0 saturated heterocycles. The average Bonchev–Trinajstić information content (AvgIpc) is 3.08. The summed E-state index contributed by atoms with van der Waals surface area (Å²) >= 11 is 0. The Balaban J connectivity index is 2.10. The first-order valence-corrected chi connectivity index (χ1v) is 8.85. The number of ether oxygens (including phenoxy) is 3. The number of rotatable bonds is 6. The Morgan fingerprint density at radius 1 is 1.33 bits per heavy atom. The quantitative estimate of drug-likeness (QED) is 0.780. The molecule has 2 aromatic rings. The topological polar surface area (TPSA) is 87.5 Å². The average molecular weight is 372 g/mol. The summed E-state index contributed by atoms with van der Waals surface area (Å²) in [4.78, 5) is 16.9. The van der Waals surface area contributed by atoms with Crippen LogP contribution in [-0.2, 0) is 9.53 Å². The second-order valence-electron chi connectivity index (χ2n) is 6.39. The van der Waals surface area contributed by atoms with E-state index in [1.54, 1.807) is 18.7 Å². The van der Waals surface area contributed by atoms with E-state index in [0.29, 0.717) is 28.7 Å². The Morgan fingerprint density at radius 3 is 2.78 bits per heavy atom. The van der Waals surface area contributed by atoms with Gasteiger partial charge in [-0.3, -0.25) is 0 Å². The van der Waals surface area contributed by atoms with E-state index in [-0.39, 0.29) is 12.7 Å². The molecule has 0 amide bonds. The Bertz CT molecular complexity index is 872. The lowest BCUT2D eigenvalue weighted by Gasteiger charge is -2.28. The number of esters is 1. The molecule has 1 atom stereocenters. The molecule has 1 aliphatic heterocycles. The van der Waals surface area contributed by atoms with Crippen LogP contribution in [0, 0.1) is 0 Å². The molecule has 0 saturated carbocycles. The van der Waals surface area contributed by atoms with Crippen molar-refractivity contribution >= 4 is 11.9 Å². The number of allylic oxidation sites excluding steroid dienone is 1. The first-order valence-electron chi connectivity index (χ1n) is 8.85. The number of nitrogens with zero attached hydrogens (tertiary/aromatic N) is 3. The highest BCUT2D eigenvalue weighted by Gasteiger charge is 2.34. The molecular formula is C19H24N4O4. The summed E-state index contributed by atoms with van der Waals surface area (Å²) in [6.07, 6.45) is 1.47. The number of methoxy groups -OCH3 is 1. The molecule has 0 spiro atoms. The molecule has 1 aliphatic rings. The maximum Gasteiger partial charge on any atom is 0.338 e. The molecule has 1 aromatic heterocycles. The molecule has 0 aliphatic carbocycles. The molecule has 8 nitrogen and oxygen atoms in total. The van der Waals surface area contributed by atoms with Gasteiger partial charge in [0.15, 0.2) is 11.5 Å².